The maximum absolute atomic E-state index is 11.0. The van der Waals surface area contributed by atoms with Crippen molar-refractivity contribution in [3.63, 3.8) is 0 Å². The lowest BCUT2D eigenvalue weighted by Crippen LogP contribution is -1.92. The molecular weight excluding hydrogens is 338 g/mol. The molecule has 0 fully saturated rings. The van der Waals surface area contributed by atoms with Crippen LogP contribution in [0.4, 0.5) is 5.69 Å². The van der Waals surface area contributed by atoms with E-state index in [0.717, 1.165) is 4.88 Å². The van der Waals surface area contributed by atoms with Gasteiger partial charge in [0.15, 0.2) is 0 Å². The van der Waals surface area contributed by atoms with Gasteiger partial charge in [0.05, 0.1) is 9.80 Å². The molecule has 8 heteroatoms. The Balaban J connectivity index is 1.91. The Labute approximate surface area is 140 Å². The molecule has 3 aromatic rings. The molecular formula is C15H10ClN3O3S. The van der Waals surface area contributed by atoms with Gasteiger partial charge < -0.3 is 4.52 Å². The van der Waals surface area contributed by atoms with Gasteiger partial charge in [-0.1, -0.05) is 35.0 Å². The first-order chi connectivity index (χ1) is 11.0. The second-order valence-electron chi connectivity index (χ2n) is 4.70. The fourth-order valence-electron chi connectivity index (χ4n) is 1.95. The molecule has 0 aliphatic rings. The van der Waals surface area contributed by atoms with Gasteiger partial charge in [-0.25, -0.2) is 0 Å². The normalized spacial score (nSPS) is 11.7. The average Bonchev–Trinajstić information content (AvgIpc) is 3.19. The number of aryl methyl sites for hydroxylation is 1. The summed E-state index contributed by atoms with van der Waals surface area (Å²) in [6, 6.07) is 8.62. The number of benzene rings is 1. The highest BCUT2D eigenvalue weighted by Gasteiger charge is 2.14. The number of rotatable bonds is 4. The van der Waals surface area contributed by atoms with Crippen LogP contribution in [0.2, 0.25) is 0 Å². The first kappa shape index (κ1) is 15.4. The number of hydrogen-bond acceptors (Lipinski definition) is 6. The third-order valence-corrected chi connectivity index (χ3v) is 4.23. The van der Waals surface area contributed by atoms with Gasteiger partial charge in [-0.3, -0.25) is 10.1 Å². The molecule has 116 valence electrons. The lowest BCUT2D eigenvalue weighted by atomic mass is 10.1. The van der Waals surface area contributed by atoms with Crippen molar-refractivity contribution in [3.05, 3.63) is 62.8 Å². The van der Waals surface area contributed by atoms with Gasteiger partial charge in [-0.05, 0) is 30.0 Å². The summed E-state index contributed by atoms with van der Waals surface area (Å²) < 4.78 is 5.14. The molecule has 3 rings (SSSR count). The van der Waals surface area contributed by atoms with Gasteiger partial charge in [-0.2, -0.15) is 4.98 Å². The van der Waals surface area contributed by atoms with E-state index in [9.17, 15) is 10.1 Å². The number of nitro groups is 1. The Kier molecular flexibility index (Phi) is 4.22. The zero-order valence-corrected chi connectivity index (χ0v) is 13.5. The van der Waals surface area contributed by atoms with Crippen LogP contribution in [-0.4, -0.2) is 15.1 Å². The highest BCUT2D eigenvalue weighted by atomic mass is 35.5. The Bertz CT molecular complexity index is 887. The molecule has 6 nitrogen and oxygen atoms in total. The Morgan fingerprint density at radius 2 is 2.26 bits per heavy atom. The van der Waals surface area contributed by atoms with Crippen LogP contribution < -0.4 is 0 Å². The quantitative estimate of drug-likeness (QED) is 0.502. The molecule has 0 saturated carbocycles. The maximum Gasteiger partial charge on any atom is 0.272 e. The first-order valence-corrected chi connectivity index (χ1v) is 7.80. The molecule has 0 N–H and O–H groups in total. The molecule has 23 heavy (non-hydrogen) atoms. The number of nitro benzene ring substituents is 1. The highest BCUT2D eigenvalue weighted by Crippen LogP contribution is 2.27. The number of halogens is 1. The summed E-state index contributed by atoms with van der Waals surface area (Å²) in [6.45, 7) is 1.68. The van der Waals surface area contributed by atoms with Crippen molar-refractivity contribution in [2.24, 2.45) is 0 Å². The molecule has 0 radical (unpaired) electrons. The zero-order valence-electron chi connectivity index (χ0n) is 11.9. The summed E-state index contributed by atoms with van der Waals surface area (Å²) in [5.41, 5.74) is 1.21. The molecule has 0 aliphatic heterocycles. The minimum atomic E-state index is -0.428. The van der Waals surface area contributed by atoms with E-state index in [-0.39, 0.29) is 16.6 Å². The SMILES string of the molecule is Cc1ccc(C=C(Cl)c2nc(-c3cccs3)no2)cc1[N+](=O)[O-]. The second kappa shape index (κ2) is 6.31. The molecule has 0 amide bonds. The molecule has 2 aromatic heterocycles. The van der Waals surface area contributed by atoms with Crippen molar-refractivity contribution in [2.75, 3.05) is 0 Å². The molecule has 1 aromatic carbocycles. The van der Waals surface area contributed by atoms with Crippen LogP contribution in [0.1, 0.15) is 17.0 Å². The fraction of sp³-hybridized carbons (Fsp3) is 0.0667. The first-order valence-electron chi connectivity index (χ1n) is 6.55. The Morgan fingerprint density at radius 3 is 2.96 bits per heavy atom. The van der Waals surface area contributed by atoms with Crippen molar-refractivity contribution >= 4 is 39.7 Å². The van der Waals surface area contributed by atoms with E-state index in [1.807, 2.05) is 17.5 Å². The molecule has 0 unspecified atom stereocenters. The molecule has 0 atom stereocenters. The topological polar surface area (TPSA) is 82.1 Å². The smallest absolute Gasteiger partial charge is 0.272 e. The van der Waals surface area contributed by atoms with Crippen LogP contribution in [0.3, 0.4) is 0 Å². The summed E-state index contributed by atoms with van der Waals surface area (Å²) in [4.78, 5) is 15.6. The molecule has 0 spiro atoms. The third-order valence-electron chi connectivity index (χ3n) is 3.10. The standard InChI is InChI=1S/C15H10ClN3O3S/c1-9-4-5-10(8-12(9)19(20)21)7-11(16)15-17-14(18-22-15)13-3-2-6-23-13/h2-8H,1H3. The Morgan fingerprint density at radius 1 is 1.43 bits per heavy atom. The van der Waals surface area contributed by atoms with Gasteiger partial charge in [0.1, 0.15) is 5.03 Å². The third kappa shape index (κ3) is 3.30. The van der Waals surface area contributed by atoms with Crippen LogP contribution >= 0.6 is 22.9 Å². The van der Waals surface area contributed by atoms with E-state index < -0.39 is 4.92 Å². The predicted molar refractivity (Wildman–Crippen MR) is 89.2 cm³/mol. The van der Waals surface area contributed by atoms with E-state index in [4.69, 9.17) is 16.1 Å². The van der Waals surface area contributed by atoms with E-state index in [2.05, 4.69) is 10.1 Å². The molecule has 0 bridgehead atoms. The van der Waals surface area contributed by atoms with Gasteiger partial charge >= 0.3 is 0 Å². The lowest BCUT2D eigenvalue weighted by molar-refractivity contribution is -0.385. The van der Waals surface area contributed by atoms with E-state index in [0.29, 0.717) is 17.0 Å². The average molecular weight is 348 g/mol. The number of nitrogens with zero attached hydrogens (tertiary/aromatic N) is 3. The van der Waals surface area contributed by atoms with Gasteiger partial charge in [-0.15, -0.1) is 11.3 Å². The number of aromatic nitrogens is 2. The van der Waals surface area contributed by atoms with Crippen molar-refractivity contribution < 1.29 is 9.45 Å². The minimum absolute atomic E-state index is 0.0352. The van der Waals surface area contributed by atoms with Crippen LogP contribution in [0.5, 0.6) is 0 Å². The maximum atomic E-state index is 11.0. The fourth-order valence-corrected chi connectivity index (χ4v) is 2.80. The van der Waals surface area contributed by atoms with Crippen LogP contribution in [0.15, 0.2) is 40.2 Å². The molecule has 0 saturated heterocycles. The van der Waals surface area contributed by atoms with E-state index in [1.165, 1.54) is 17.4 Å². The number of hydrogen-bond donors (Lipinski definition) is 0. The summed E-state index contributed by atoms with van der Waals surface area (Å²) >= 11 is 7.67. The van der Waals surface area contributed by atoms with Gasteiger partial charge in [0.2, 0.25) is 5.82 Å². The minimum Gasteiger partial charge on any atom is -0.333 e. The van der Waals surface area contributed by atoms with E-state index >= 15 is 0 Å². The van der Waals surface area contributed by atoms with Gasteiger partial charge in [0.25, 0.3) is 11.6 Å². The van der Waals surface area contributed by atoms with Crippen molar-refractivity contribution in [1.29, 1.82) is 0 Å². The summed E-state index contributed by atoms with van der Waals surface area (Å²) in [7, 11) is 0. The summed E-state index contributed by atoms with van der Waals surface area (Å²) in [5.74, 6) is 0.620. The van der Waals surface area contributed by atoms with Crippen LogP contribution in [0, 0.1) is 17.0 Å². The predicted octanol–water partition coefficient (Wildman–Crippen LogP) is 4.75. The Hall–Kier alpha value is -2.51. The van der Waals surface area contributed by atoms with Crippen molar-refractivity contribution in [1.82, 2.24) is 10.1 Å². The van der Waals surface area contributed by atoms with Crippen LogP contribution in [0.25, 0.3) is 21.8 Å². The highest BCUT2D eigenvalue weighted by molar-refractivity contribution is 7.13. The van der Waals surface area contributed by atoms with E-state index in [1.54, 1.807) is 25.1 Å². The van der Waals surface area contributed by atoms with Crippen molar-refractivity contribution in [3.8, 4) is 10.7 Å². The van der Waals surface area contributed by atoms with Gasteiger partial charge in [0, 0.05) is 11.6 Å². The largest absolute Gasteiger partial charge is 0.333 e. The lowest BCUT2D eigenvalue weighted by Gasteiger charge is -1.99. The monoisotopic (exact) mass is 347 g/mol. The summed E-state index contributed by atoms with van der Waals surface area (Å²) in [5, 5.41) is 17.0. The second-order valence-corrected chi connectivity index (χ2v) is 6.05. The number of thiophene rings is 1. The zero-order chi connectivity index (χ0) is 16.4. The molecule has 2 heterocycles. The summed E-state index contributed by atoms with van der Waals surface area (Å²) in [6.07, 6.45) is 1.56. The molecule has 0 aliphatic carbocycles. The van der Waals surface area contributed by atoms with Crippen LogP contribution in [-0.2, 0) is 0 Å². The van der Waals surface area contributed by atoms with Crippen molar-refractivity contribution in [2.45, 2.75) is 6.92 Å².